The number of carbonyl (C=O) groups is 1. The van der Waals surface area contributed by atoms with Gasteiger partial charge in [-0.15, -0.1) is 0 Å². The van der Waals surface area contributed by atoms with Gasteiger partial charge in [-0.1, -0.05) is 0 Å². The maximum Gasteiger partial charge on any atom is 0.249 e. The zero-order valence-corrected chi connectivity index (χ0v) is 12.9. The molecule has 0 saturated carbocycles. The second-order valence-electron chi connectivity index (χ2n) is 5.23. The first-order chi connectivity index (χ1) is 10.6. The van der Waals surface area contributed by atoms with Crippen molar-refractivity contribution in [3.05, 3.63) is 12.1 Å². The minimum absolute atomic E-state index is 0.0386. The molecule has 1 N–H and O–H groups in total. The fraction of sp³-hybridized carbons (Fsp3) is 0.533. The second kappa shape index (κ2) is 6.02. The number of methoxy groups -OCH3 is 2. The van der Waals surface area contributed by atoms with Crippen LogP contribution in [0.2, 0.25) is 0 Å². The van der Waals surface area contributed by atoms with Crippen molar-refractivity contribution < 1.29 is 23.7 Å². The summed E-state index contributed by atoms with van der Waals surface area (Å²) < 4.78 is 21.6. The van der Waals surface area contributed by atoms with E-state index in [2.05, 4.69) is 5.32 Å². The number of hydrogen-bond acceptors (Lipinski definition) is 6. The van der Waals surface area contributed by atoms with Gasteiger partial charge in [0.25, 0.3) is 0 Å². The quantitative estimate of drug-likeness (QED) is 0.844. The molecule has 7 nitrogen and oxygen atoms in total. The molecule has 1 aromatic carbocycles. The Hall–Kier alpha value is -1.99. The molecule has 2 aliphatic heterocycles. The van der Waals surface area contributed by atoms with E-state index in [1.54, 1.807) is 19.1 Å². The summed E-state index contributed by atoms with van der Waals surface area (Å²) in [5, 5.41) is 3.19. The van der Waals surface area contributed by atoms with Crippen molar-refractivity contribution in [3.63, 3.8) is 0 Å². The highest BCUT2D eigenvalue weighted by Crippen LogP contribution is 2.42. The molecule has 1 aromatic rings. The molecule has 2 aliphatic rings. The first-order valence-electron chi connectivity index (χ1n) is 7.21. The van der Waals surface area contributed by atoms with Crippen LogP contribution in [0.5, 0.6) is 11.5 Å². The molecule has 22 heavy (non-hydrogen) atoms. The summed E-state index contributed by atoms with van der Waals surface area (Å²) in [5.74, 6) is 1.29. The van der Waals surface area contributed by atoms with Crippen LogP contribution in [0.4, 0.5) is 11.4 Å². The van der Waals surface area contributed by atoms with Gasteiger partial charge in [-0.25, -0.2) is 0 Å². The largest absolute Gasteiger partial charge is 0.486 e. The average molecular weight is 308 g/mol. The van der Waals surface area contributed by atoms with Crippen molar-refractivity contribution in [2.24, 2.45) is 0 Å². The zero-order valence-electron chi connectivity index (χ0n) is 12.9. The monoisotopic (exact) mass is 308 g/mol. The fourth-order valence-corrected chi connectivity index (χ4v) is 2.65. The normalized spacial score (nSPS) is 19.9. The van der Waals surface area contributed by atoms with Gasteiger partial charge in [-0.3, -0.25) is 4.79 Å². The Kier molecular flexibility index (Phi) is 4.08. The summed E-state index contributed by atoms with van der Waals surface area (Å²) in [6, 6.07) is 3.36. The number of ether oxygens (including phenoxy) is 4. The lowest BCUT2D eigenvalue weighted by atomic mass is 10.1. The van der Waals surface area contributed by atoms with Crippen molar-refractivity contribution in [1.82, 2.24) is 0 Å². The number of hydrogen-bond donors (Lipinski definition) is 1. The zero-order chi connectivity index (χ0) is 15.7. The van der Waals surface area contributed by atoms with E-state index in [-0.39, 0.29) is 11.9 Å². The summed E-state index contributed by atoms with van der Waals surface area (Å²) >= 11 is 0. The van der Waals surface area contributed by atoms with Gasteiger partial charge in [-0.2, -0.15) is 0 Å². The lowest BCUT2D eigenvalue weighted by Gasteiger charge is -2.36. The fourth-order valence-electron chi connectivity index (χ4n) is 2.65. The van der Waals surface area contributed by atoms with E-state index in [1.807, 2.05) is 19.1 Å². The van der Waals surface area contributed by atoms with Crippen molar-refractivity contribution in [1.29, 1.82) is 0 Å². The number of rotatable bonds is 4. The van der Waals surface area contributed by atoms with Crippen LogP contribution in [0, 0.1) is 0 Å². The van der Waals surface area contributed by atoms with Crippen LogP contribution in [0.25, 0.3) is 0 Å². The lowest BCUT2D eigenvalue weighted by Crippen LogP contribution is -2.49. The van der Waals surface area contributed by atoms with E-state index >= 15 is 0 Å². The Morgan fingerprint density at radius 1 is 1.27 bits per heavy atom. The van der Waals surface area contributed by atoms with Crippen LogP contribution in [0.1, 0.15) is 6.92 Å². The number of nitrogens with zero attached hydrogens (tertiary/aromatic N) is 1. The van der Waals surface area contributed by atoms with E-state index in [0.717, 1.165) is 11.4 Å². The predicted molar refractivity (Wildman–Crippen MR) is 80.7 cm³/mol. The number of fused-ring (bicyclic) bond motifs is 2. The van der Waals surface area contributed by atoms with Crippen LogP contribution < -0.4 is 19.7 Å². The molecule has 0 radical (unpaired) electrons. The minimum Gasteiger partial charge on any atom is -0.486 e. The Morgan fingerprint density at radius 3 is 2.55 bits per heavy atom. The van der Waals surface area contributed by atoms with Gasteiger partial charge in [0.1, 0.15) is 19.3 Å². The van der Waals surface area contributed by atoms with Crippen LogP contribution in [-0.2, 0) is 14.3 Å². The Labute approximate surface area is 129 Å². The standard InChI is InChI=1S/C15H20N2O5/c1-9-15(18)17(8-14(19-2)20-3)11-7-13-12(6-10(11)16-9)21-4-5-22-13/h6-7,9,14,16H,4-5,8H2,1-3H3. The van der Waals surface area contributed by atoms with Gasteiger partial charge in [-0.05, 0) is 6.92 Å². The molecule has 0 bridgehead atoms. The van der Waals surface area contributed by atoms with Gasteiger partial charge >= 0.3 is 0 Å². The molecule has 120 valence electrons. The molecule has 1 amide bonds. The maximum absolute atomic E-state index is 12.5. The number of carbonyl (C=O) groups excluding carboxylic acids is 1. The van der Waals surface area contributed by atoms with Gasteiger partial charge in [0, 0.05) is 26.4 Å². The van der Waals surface area contributed by atoms with Crippen LogP contribution in [-0.4, -0.2) is 52.2 Å². The van der Waals surface area contributed by atoms with Gasteiger partial charge in [0.05, 0.1) is 17.9 Å². The van der Waals surface area contributed by atoms with Crippen molar-refractivity contribution in [3.8, 4) is 11.5 Å². The molecule has 1 atom stereocenters. The van der Waals surface area contributed by atoms with E-state index in [1.165, 1.54) is 0 Å². The predicted octanol–water partition coefficient (Wildman–Crippen LogP) is 1.22. The summed E-state index contributed by atoms with van der Waals surface area (Å²) in [4.78, 5) is 14.2. The smallest absolute Gasteiger partial charge is 0.249 e. The SMILES string of the molecule is COC(CN1C(=O)C(C)Nc2cc3c(cc21)OCCO3)OC. The molecule has 0 aliphatic carbocycles. The third kappa shape index (κ3) is 2.57. The summed E-state index contributed by atoms with van der Waals surface area (Å²) in [7, 11) is 3.10. The van der Waals surface area contributed by atoms with Gasteiger partial charge in [0.2, 0.25) is 5.91 Å². The molecule has 0 spiro atoms. The number of amides is 1. The molecule has 1 unspecified atom stereocenters. The maximum atomic E-state index is 12.5. The summed E-state index contributed by atoms with van der Waals surface area (Å²) in [5.41, 5.74) is 1.58. The molecule has 2 heterocycles. The minimum atomic E-state index is -0.490. The van der Waals surface area contributed by atoms with Crippen molar-refractivity contribution in [2.75, 3.05) is 44.2 Å². The van der Waals surface area contributed by atoms with Gasteiger partial charge < -0.3 is 29.2 Å². The first-order valence-corrected chi connectivity index (χ1v) is 7.21. The van der Waals surface area contributed by atoms with E-state index < -0.39 is 6.29 Å². The summed E-state index contributed by atoms with van der Waals surface area (Å²) in [6.45, 7) is 3.16. The topological polar surface area (TPSA) is 69.3 Å². The molecular weight excluding hydrogens is 288 g/mol. The molecule has 0 saturated heterocycles. The molecule has 0 fully saturated rings. The second-order valence-corrected chi connectivity index (χ2v) is 5.23. The highest BCUT2D eigenvalue weighted by molar-refractivity contribution is 6.05. The van der Waals surface area contributed by atoms with E-state index in [0.29, 0.717) is 31.3 Å². The molecule has 3 rings (SSSR count). The van der Waals surface area contributed by atoms with Crippen LogP contribution in [0.3, 0.4) is 0 Å². The third-order valence-corrected chi connectivity index (χ3v) is 3.82. The van der Waals surface area contributed by atoms with Crippen molar-refractivity contribution >= 4 is 17.3 Å². The Bertz CT molecular complexity index is 573. The van der Waals surface area contributed by atoms with E-state index in [9.17, 15) is 4.79 Å². The number of benzene rings is 1. The molecule has 7 heteroatoms. The molecular formula is C15H20N2O5. The highest BCUT2D eigenvalue weighted by atomic mass is 16.7. The molecule has 0 aromatic heterocycles. The summed E-state index contributed by atoms with van der Waals surface area (Å²) in [6.07, 6.45) is -0.490. The number of anilines is 2. The lowest BCUT2D eigenvalue weighted by molar-refractivity contribution is -0.123. The van der Waals surface area contributed by atoms with Crippen LogP contribution in [0.15, 0.2) is 12.1 Å². The Balaban J connectivity index is 1.98. The third-order valence-electron chi connectivity index (χ3n) is 3.82. The van der Waals surface area contributed by atoms with Gasteiger partial charge in [0.15, 0.2) is 17.8 Å². The highest BCUT2D eigenvalue weighted by Gasteiger charge is 2.33. The average Bonchev–Trinajstić information content (AvgIpc) is 2.54. The van der Waals surface area contributed by atoms with Crippen LogP contribution >= 0.6 is 0 Å². The first kappa shape index (κ1) is 14.9. The Morgan fingerprint density at radius 2 is 1.91 bits per heavy atom. The van der Waals surface area contributed by atoms with E-state index in [4.69, 9.17) is 18.9 Å². The number of nitrogens with one attached hydrogen (secondary N) is 1. The van der Waals surface area contributed by atoms with Crippen molar-refractivity contribution in [2.45, 2.75) is 19.3 Å².